The highest BCUT2D eigenvalue weighted by Crippen LogP contribution is 2.45. The summed E-state index contributed by atoms with van der Waals surface area (Å²) in [5, 5.41) is 10.6. The van der Waals surface area contributed by atoms with Crippen LogP contribution >= 0.6 is 15.6 Å². The lowest BCUT2D eigenvalue weighted by molar-refractivity contribution is -0.161. The van der Waals surface area contributed by atoms with Crippen LogP contribution in [0, 0.1) is 23.7 Å². The van der Waals surface area contributed by atoms with E-state index < -0.39 is 97.5 Å². The number of phosphoric ester groups is 2. The van der Waals surface area contributed by atoms with Crippen LogP contribution in [0.1, 0.15) is 409 Å². The molecule has 0 aliphatic heterocycles. The summed E-state index contributed by atoms with van der Waals surface area (Å²) >= 11 is 0. The summed E-state index contributed by atoms with van der Waals surface area (Å²) in [5.41, 5.74) is 0. The van der Waals surface area contributed by atoms with Gasteiger partial charge in [-0.1, -0.05) is 357 Å². The Hall–Kier alpha value is -1.94. The van der Waals surface area contributed by atoms with E-state index in [4.69, 9.17) is 37.0 Å². The molecule has 0 aromatic carbocycles. The van der Waals surface area contributed by atoms with Crippen molar-refractivity contribution in [2.75, 3.05) is 39.6 Å². The van der Waals surface area contributed by atoms with Gasteiger partial charge in [-0.05, 0) is 49.4 Å². The van der Waals surface area contributed by atoms with Crippen molar-refractivity contribution in [3.8, 4) is 0 Å². The number of carbonyl (C=O) groups excluding carboxylic acids is 4. The zero-order valence-corrected chi connectivity index (χ0v) is 66.9. The minimum absolute atomic E-state index is 0.106. The van der Waals surface area contributed by atoms with E-state index in [0.29, 0.717) is 25.7 Å². The highest BCUT2D eigenvalue weighted by Gasteiger charge is 2.30. The van der Waals surface area contributed by atoms with Crippen molar-refractivity contribution in [3.63, 3.8) is 0 Å². The van der Waals surface area contributed by atoms with Crippen LogP contribution in [-0.2, 0) is 65.4 Å². The van der Waals surface area contributed by atoms with Gasteiger partial charge in [0.2, 0.25) is 0 Å². The summed E-state index contributed by atoms with van der Waals surface area (Å²) in [5.74, 6) is 1.02. The average molecular weight is 1450 g/mol. The monoisotopic (exact) mass is 1450 g/mol. The summed E-state index contributed by atoms with van der Waals surface area (Å²) in [6.07, 6.45) is 55.3. The molecule has 0 aromatic heterocycles. The Balaban J connectivity index is 5.27. The fraction of sp³-hybridized carbons (Fsp3) is 0.950. The van der Waals surface area contributed by atoms with Crippen molar-refractivity contribution in [1.82, 2.24) is 0 Å². The molecule has 0 spiro atoms. The van der Waals surface area contributed by atoms with E-state index in [0.717, 1.165) is 114 Å². The van der Waals surface area contributed by atoms with Gasteiger partial charge in [-0.15, -0.1) is 0 Å². The first kappa shape index (κ1) is 97.1. The van der Waals surface area contributed by atoms with E-state index in [1.165, 1.54) is 212 Å². The maximum absolute atomic E-state index is 13.1. The molecule has 3 unspecified atom stereocenters. The quantitative estimate of drug-likeness (QED) is 0.0222. The Morgan fingerprint density at radius 2 is 0.485 bits per heavy atom. The Morgan fingerprint density at radius 3 is 0.717 bits per heavy atom. The third-order valence-electron chi connectivity index (χ3n) is 18.9. The largest absolute Gasteiger partial charge is 0.472 e. The van der Waals surface area contributed by atoms with E-state index in [-0.39, 0.29) is 25.7 Å². The zero-order valence-electron chi connectivity index (χ0n) is 65.1. The number of esters is 4. The molecule has 0 aromatic rings. The molecule has 0 heterocycles. The second-order valence-corrected chi connectivity index (χ2v) is 33.4. The smallest absolute Gasteiger partial charge is 0.462 e. The molecule has 0 radical (unpaired) electrons. The molecule has 0 rings (SSSR count). The summed E-state index contributed by atoms with van der Waals surface area (Å²) in [6.45, 7) is 14.3. The normalized spacial score (nSPS) is 14.3. The SMILES string of the molecule is CCC(C)CCCCCCCCCCCCC(=O)O[C@H](COC(=O)CCCCCCCCCCCC(C)C)COP(=O)(O)OC[C@H](O)COP(=O)(O)OC[C@@H](COC(=O)CCCCCCCCCCCCCCC(C)C)OC(=O)CCCCCCCCCCCCCCCCCC(C)C. The van der Waals surface area contributed by atoms with Crippen molar-refractivity contribution in [3.05, 3.63) is 0 Å². The number of aliphatic hydroxyl groups excluding tert-OH is 1. The first-order valence-corrected chi connectivity index (χ1v) is 44.2. The van der Waals surface area contributed by atoms with Crippen molar-refractivity contribution < 1.29 is 80.2 Å². The maximum Gasteiger partial charge on any atom is 0.472 e. The van der Waals surface area contributed by atoms with Crippen LogP contribution in [-0.4, -0.2) is 96.7 Å². The number of aliphatic hydroxyl groups is 1. The summed E-state index contributed by atoms with van der Waals surface area (Å²) in [6, 6.07) is 0. The predicted molar refractivity (Wildman–Crippen MR) is 404 cm³/mol. The Labute approximate surface area is 607 Å². The Bertz CT molecular complexity index is 1940. The first-order chi connectivity index (χ1) is 47.6. The van der Waals surface area contributed by atoms with Crippen LogP contribution < -0.4 is 0 Å². The summed E-state index contributed by atoms with van der Waals surface area (Å²) in [4.78, 5) is 73.0. The lowest BCUT2D eigenvalue weighted by atomic mass is 9.99. The van der Waals surface area contributed by atoms with Crippen LogP contribution in [0.5, 0.6) is 0 Å². The van der Waals surface area contributed by atoms with Gasteiger partial charge < -0.3 is 33.8 Å². The molecule has 0 amide bonds. The lowest BCUT2D eigenvalue weighted by Crippen LogP contribution is -2.30. The first-order valence-electron chi connectivity index (χ1n) is 41.2. The minimum atomic E-state index is -4.96. The predicted octanol–water partition coefficient (Wildman–Crippen LogP) is 23.6. The van der Waals surface area contributed by atoms with Gasteiger partial charge in [-0.2, -0.15) is 0 Å². The van der Waals surface area contributed by atoms with Crippen LogP contribution in [0.15, 0.2) is 0 Å². The van der Waals surface area contributed by atoms with E-state index >= 15 is 0 Å². The molecule has 0 bridgehead atoms. The molecule has 0 fully saturated rings. The number of unbranched alkanes of at least 4 members (excludes halogenated alkanes) is 42. The van der Waals surface area contributed by atoms with E-state index in [1.807, 2.05) is 0 Å². The van der Waals surface area contributed by atoms with Gasteiger partial charge in [0.1, 0.15) is 19.3 Å². The minimum Gasteiger partial charge on any atom is -0.462 e. The topological polar surface area (TPSA) is 237 Å². The molecule has 17 nitrogen and oxygen atoms in total. The van der Waals surface area contributed by atoms with Gasteiger partial charge in [0.15, 0.2) is 12.2 Å². The summed E-state index contributed by atoms with van der Waals surface area (Å²) < 4.78 is 68.7. The maximum atomic E-state index is 13.1. The number of rotatable bonds is 77. The van der Waals surface area contributed by atoms with Crippen LogP contribution in [0.3, 0.4) is 0 Å². The molecule has 19 heteroatoms. The highest BCUT2D eigenvalue weighted by molar-refractivity contribution is 7.47. The Kier molecular flexibility index (Phi) is 67.8. The molecule has 6 atom stereocenters. The van der Waals surface area contributed by atoms with E-state index in [2.05, 4.69) is 55.4 Å². The van der Waals surface area contributed by atoms with E-state index in [9.17, 15) is 43.2 Å². The number of hydrogen-bond donors (Lipinski definition) is 3. The number of ether oxygens (including phenoxy) is 4. The molecule has 3 N–H and O–H groups in total. The van der Waals surface area contributed by atoms with Crippen molar-refractivity contribution in [1.29, 1.82) is 0 Å². The van der Waals surface area contributed by atoms with Gasteiger partial charge in [0.25, 0.3) is 0 Å². The molecule has 0 saturated carbocycles. The fourth-order valence-electron chi connectivity index (χ4n) is 12.2. The standard InChI is InChI=1S/C80H156O17P2/c1-9-73(8)59-51-43-35-27-21-22-30-39-47-55-63-80(85)97-76(67-91-78(83)61-53-45-37-31-23-26-34-42-50-58-72(6)7)69-95-99(88,89)93-65-74(81)64-92-98(86,87)94-68-75(66-90-77(82)60-52-44-36-28-19-16-15-18-25-33-41-49-57-71(4)5)96-79(84)62-54-46-38-29-20-14-12-10-11-13-17-24-32-40-48-56-70(2)3/h70-76,81H,9-69H2,1-8H3,(H,86,87)(H,88,89)/t73?,74-,75-,76-/m1/s1. The zero-order chi connectivity index (χ0) is 73.1. The van der Waals surface area contributed by atoms with Gasteiger partial charge in [0, 0.05) is 25.7 Å². The van der Waals surface area contributed by atoms with Gasteiger partial charge in [-0.3, -0.25) is 37.3 Å². The average Bonchev–Trinajstić information content (AvgIpc) is 1.05. The Morgan fingerprint density at radius 1 is 0.283 bits per heavy atom. The molecule has 0 aliphatic rings. The second kappa shape index (κ2) is 69.1. The number of carbonyl (C=O) groups is 4. The molecule has 0 aliphatic carbocycles. The van der Waals surface area contributed by atoms with Crippen molar-refractivity contribution in [2.24, 2.45) is 23.7 Å². The fourth-order valence-corrected chi connectivity index (χ4v) is 13.8. The van der Waals surface area contributed by atoms with Crippen LogP contribution in [0.2, 0.25) is 0 Å². The number of phosphoric acid groups is 2. The van der Waals surface area contributed by atoms with Crippen molar-refractivity contribution in [2.45, 2.75) is 427 Å². The molecule has 0 saturated heterocycles. The lowest BCUT2D eigenvalue weighted by Gasteiger charge is -2.21. The van der Waals surface area contributed by atoms with E-state index in [1.54, 1.807) is 0 Å². The van der Waals surface area contributed by atoms with Gasteiger partial charge in [-0.25, -0.2) is 9.13 Å². The van der Waals surface area contributed by atoms with Gasteiger partial charge >= 0.3 is 39.5 Å². The van der Waals surface area contributed by atoms with Crippen LogP contribution in [0.4, 0.5) is 0 Å². The molecule has 99 heavy (non-hydrogen) atoms. The second-order valence-electron chi connectivity index (χ2n) is 30.5. The van der Waals surface area contributed by atoms with Crippen molar-refractivity contribution >= 4 is 39.5 Å². The summed E-state index contributed by atoms with van der Waals surface area (Å²) in [7, 11) is -9.92. The van der Waals surface area contributed by atoms with Gasteiger partial charge in [0.05, 0.1) is 26.4 Å². The molecular formula is C80H156O17P2. The molecular weight excluding hydrogens is 1290 g/mol. The highest BCUT2D eigenvalue weighted by atomic mass is 31.2. The van der Waals surface area contributed by atoms with Crippen LogP contribution in [0.25, 0.3) is 0 Å². The third-order valence-corrected chi connectivity index (χ3v) is 20.8. The molecule has 588 valence electrons. The third kappa shape index (κ3) is 72.8. The number of hydrogen-bond acceptors (Lipinski definition) is 15.